The lowest BCUT2D eigenvalue weighted by atomic mass is 9.99. The van der Waals surface area contributed by atoms with Crippen LogP contribution in [0.1, 0.15) is 77.2 Å². The maximum absolute atomic E-state index is 5.78. The van der Waals surface area contributed by atoms with Crippen LogP contribution >= 0.6 is 0 Å². The van der Waals surface area contributed by atoms with Gasteiger partial charge in [0.2, 0.25) is 0 Å². The van der Waals surface area contributed by atoms with Gasteiger partial charge in [0.25, 0.3) is 0 Å². The van der Waals surface area contributed by atoms with E-state index in [-0.39, 0.29) is 0 Å². The van der Waals surface area contributed by atoms with E-state index in [1.54, 1.807) is 0 Å². The van der Waals surface area contributed by atoms with Crippen LogP contribution in [0.25, 0.3) is 0 Å². The average molecular weight is 262 g/mol. The lowest BCUT2D eigenvalue weighted by Crippen LogP contribution is -1.98. The van der Waals surface area contributed by atoms with E-state index in [2.05, 4.69) is 45.0 Å². The highest BCUT2D eigenvalue weighted by atomic mass is 16.5. The van der Waals surface area contributed by atoms with Crippen LogP contribution in [0.4, 0.5) is 0 Å². The molecule has 0 saturated heterocycles. The van der Waals surface area contributed by atoms with Crippen molar-refractivity contribution >= 4 is 0 Å². The summed E-state index contributed by atoms with van der Waals surface area (Å²) in [6, 6.07) is 8.62. The van der Waals surface area contributed by atoms with Gasteiger partial charge in [0, 0.05) is 0 Å². The molecule has 0 aromatic heterocycles. The highest BCUT2D eigenvalue weighted by Gasteiger charge is 2.02. The fraction of sp³-hybridized carbons (Fsp3) is 0.667. The fourth-order valence-electron chi connectivity index (χ4n) is 2.20. The van der Waals surface area contributed by atoms with E-state index in [4.69, 9.17) is 4.74 Å². The number of hydrogen-bond acceptors (Lipinski definition) is 1. The molecule has 1 unspecified atom stereocenters. The van der Waals surface area contributed by atoms with E-state index in [0.717, 1.165) is 12.4 Å². The summed E-state index contributed by atoms with van der Waals surface area (Å²) in [7, 11) is 0. The van der Waals surface area contributed by atoms with Gasteiger partial charge in [0.15, 0.2) is 0 Å². The van der Waals surface area contributed by atoms with Crippen LogP contribution in [-0.2, 0) is 0 Å². The van der Waals surface area contributed by atoms with Gasteiger partial charge in [-0.25, -0.2) is 0 Å². The molecule has 1 atom stereocenters. The van der Waals surface area contributed by atoms with E-state index < -0.39 is 0 Å². The molecule has 19 heavy (non-hydrogen) atoms. The summed E-state index contributed by atoms with van der Waals surface area (Å²) in [5.74, 6) is 1.66. The van der Waals surface area contributed by atoms with Crippen LogP contribution in [0.2, 0.25) is 0 Å². The lowest BCUT2D eigenvalue weighted by molar-refractivity contribution is 0.304. The van der Waals surface area contributed by atoms with Gasteiger partial charge in [-0.1, -0.05) is 65.0 Å². The van der Waals surface area contributed by atoms with Gasteiger partial charge in [0.1, 0.15) is 5.75 Å². The van der Waals surface area contributed by atoms with Gasteiger partial charge in [-0.3, -0.25) is 0 Å². The number of unbranched alkanes of at least 4 members (excludes halogenated alkanes) is 5. The fourth-order valence-corrected chi connectivity index (χ4v) is 2.20. The van der Waals surface area contributed by atoms with Gasteiger partial charge in [-0.15, -0.1) is 0 Å². The minimum absolute atomic E-state index is 0.646. The van der Waals surface area contributed by atoms with Crippen LogP contribution in [0.5, 0.6) is 5.75 Å². The molecular weight excluding hydrogens is 232 g/mol. The minimum atomic E-state index is 0.646. The van der Waals surface area contributed by atoms with Crippen LogP contribution < -0.4 is 4.74 Å². The molecule has 0 saturated carbocycles. The maximum atomic E-state index is 5.78. The Labute approximate surface area is 119 Å². The summed E-state index contributed by atoms with van der Waals surface area (Å²) in [6.45, 7) is 7.61. The summed E-state index contributed by atoms with van der Waals surface area (Å²) in [5.41, 5.74) is 1.41. The van der Waals surface area contributed by atoms with Gasteiger partial charge < -0.3 is 4.74 Å². The first-order valence-electron chi connectivity index (χ1n) is 8.00. The first kappa shape index (κ1) is 16.1. The van der Waals surface area contributed by atoms with Crippen molar-refractivity contribution in [1.82, 2.24) is 0 Å². The third kappa shape index (κ3) is 6.66. The van der Waals surface area contributed by atoms with Gasteiger partial charge in [0.05, 0.1) is 6.61 Å². The summed E-state index contributed by atoms with van der Waals surface area (Å²) in [5, 5.41) is 0. The number of rotatable bonds is 10. The van der Waals surface area contributed by atoms with Crippen molar-refractivity contribution in [3.63, 3.8) is 0 Å². The van der Waals surface area contributed by atoms with Crippen molar-refractivity contribution in [2.45, 2.75) is 71.6 Å². The molecule has 1 rings (SSSR count). The van der Waals surface area contributed by atoms with Crippen molar-refractivity contribution < 1.29 is 4.74 Å². The Morgan fingerprint density at radius 3 is 2.16 bits per heavy atom. The Morgan fingerprint density at radius 1 is 0.895 bits per heavy atom. The van der Waals surface area contributed by atoms with Crippen molar-refractivity contribution in [1.29, 1.82) is 0 Å². The summed E-state index contributed by atoms with van der Waals surface area (Å²) < 4.78 is 5.78. The normalized spacial score (nSPS) is 12.4. The first-order chi connectivity index (χ1) is 9.27. The topological polar surface area (TPSA) is 9.23 Å². The molecule has 108 valence electrons. The van der Waals surface area contributed by atoms with Crippen molar-refractivity contribution in [2.24, 2.45) is 0 Å². The number of hydrogen-bond donors (Lipinski definition) is 0. The van der Waals surface area contributed by atoms with Crippen molar-refractivity contribution in [3.05, 3.63) is 29.8 Å². The predicted octanol–water partition coefficient (Wildman–Crippen LogP) is 5.94. The van der Waals surface area contributed by atoms with Gasteiger partial charge in [-0.2, -0.15) is 0 Å². The zero-order chi connectivity index (χ0) is 13.9. The summed E-state index contributed by atoms with van der Waals surface area (Å²) in [4.78, 5) is 0. The molecular formula is C18H30O. The Kier molecular flexibility index (Phi) is 8.36. The third-order valence-corrected chi connectivity index (χ3v) is 3.83. The average Bonchev–Trinajstić information content (AvgIpc) is 2.46. The number of ether oxygens (including phenoxy) is 1. The van der Waals surface area contributed by atoms with E-state index in [9.17, 15) is 0 Å². The highest BCUT2D eigenvalue weighted by molar-refractivity contribution is 5.29. The van der Waals surface area contributed by atoms with E-state index >= 15 is 0 Å². The molecule has 0 bridgehead atoms. The molecule has 0 heterocycles. The largest absolute Gasteiger partial charge is 0.494 e. The van der Waals surface area contributed by atoms with Crippen LogP contribution in [0, 0.1) is 0 Å². The zero-order valence-corrected chi connectivity index (χ0v) is 13.0. The van der Waals surface area contributed by atoms with Crippen molar-refractivity contribution in [3.8, 4) is 5.75 Å². The molecule has 1 nitrogen and oxygen atoms in total. The van der Waals surface area contributed by atoms with Gasteiger partial charge in [-0.05, 0) is 36.5 Å². The molecule has 1 aromatic carbocycles. The Morgan fingerprint density at radius 2 is 1.53 bits per heavy atom. The Hall–Kier alpha value is -0.980. The van der Waals surface area contributed by atoms with Crippen LogP contribution in [0.15, 0.2) is 24.3 Å². The van der Waals surface area contributed by atoms with E-state index in [0.29, 0.717) is 5.92 Å². The van der Waals surface area contributed by atoms with E-state index in [1.807, 2.05) is 0 Å². The van der Waals surface area contributed by atoms with E-state index in [1.165, 1.54) is 50.5 Å². The first-order valence-corrected chi connectivity index (χ1v) is 8.00. The molecule has 0 fully saturated rings. The number of benzene rings is 1. The zero-order valence-electron chi connectivity index (χ0n) is 13.0. The predicted molar refractivity (Wildman–Crippen MR) is 84.0 cm³/mol. The SMILES string of the molecule is CCCCCCCCOc1ccc(C(C)CC)cc1. The minimum Gasteiger partial charge on any atom is -0.494 e. The molecule has 0 aliphatic rings. The quantitative estimate of drug-likeness (QED) is 0.474. The molecule has 0 amide bonds. The van der Waals surface area contributed by atoms with Gasteiger partial charge >= 0.3 is 0 Å². The Bertz CT molecular complexity index is 315. The second-order valence-corrected chi connectivity index (χ2v) is 5.49. The molecule has 0 spiro atoms. The molecule has 0 radical (unpaired) electrons. The lowest BCUT2D eigenvalue weighted by Gasteiger charge is -2.10. The molecule has 0 N–H and O–H groups in total. The molecule has 0 aliphatic carbocycles. The molecule has 0 aliphatic heterocycles. The third-order valence-electron chi connectivity index (χ3n) is 3.83. The smallest absolute Gasteiger partial charge is 0.119 e. The highest BCUT2D eigenvalue weighted by Crippen LogP contribution is 2.21. The second kappa shape index (κ2) is 9.89. The second-order valence-electron chi connectivity index (χ2n) is 5.49. The Balaban J connectivity index is 2.16. The standard InChI is InChI=1S/C18H30O/c1-4-6-7-8-9-10-15-19-18-13-11-17(12-14-18)16(3)5-2/h11-14,16H,4-10,15H2,1-3H3. The summed E-state index contributed by atoms with van der Waals surface area (Å²) >= 11 is 0. The van der Waals surface area contributed by atoms with Crippen LogP contribution in [0.3, 0.4) is 0 Å². The monoisotopic (exact) mass is 262 g/mol. The molecule has 1 heteroatoms. The summed E-state index contributed by atoms with van der Waals surface area (Å²) in [6.07, 6.45) is 9.08. The maximum Gasteiger partial charge on any atom is 0.119 e. The van der Waals surface area contributed by atoms with Crippen molar-refractivity contribution in [2.75, 3.05) is 6.61 Å². The molecule has 1 aromatic rings. The van der Waals surface area contributed by atoms with Crippen LogP contribution in [-0.4, -0.2) is 6.61 Å².